The maximum absolute atomic E-state index is 13.1. The summed E-state index contributed by atoms with van der Waals surface area (Å²) in [5.41, 5.74) is 1.96. The number of carbonyl (C=O) groups is 1. The fourth-order valence-corrected chi connectivity index (χ4v) is 3.85. The number of amides is 1. The lowest BCUT2D eigenvalue weighted by Gasteiger charge is -2.35. The number of hydrogen-bond acceptors (Lipinski definition) is 4. The first kappa shape index (κ1) is 19.0. The zero-order valence-electron chi connectivity index (χ0n) is 16.3. The molecule has 2 fully saturated rings. The maximum Gasteiger partial charge on any atom is 0.257 e. The molecule has 2 aromatic carbocycles. The Kier molecular flexibility index (Phi) is 6.24. The van der Waals surface area contributed by atoms with Crippen LogP contribution in [0, 0.1) is 0 Å². The van der Waals surface area contributed by atoms with E-state index in [4.69, 9.17) is 9.47 Å². The fourth-order valence-electron chi connectivity index (χ4n) is 3.85. The van der Waals surface area contributed by atoms with Gasteiger partial charge in [-0.2, -0.15) is 0 Å². The van der Waals surface area contributed by atoms with Crippen LogP contribution in [0.2, 0.25) is 0 Å². The van der Waals surface area contributed by atoms with Gasteiger partial charge < -0.3 is 14.4 Å². The van der Waals surface area contributed by atoms with Crippen molar-refractivity contribution in [3.8, 4) is 5.75 Å². The van der Waals surface area contributed by atoms with Gasteiger partial charge in [0.2, 0.25) is 0 Å². The number of para-hydroxylation sites is 1. The van der Waals surface area contributed by atoms with Gasteiger partial charge >= 0.3 is 0 Å². The van der Waals surface area contributed by atoms with Gasteiger partial charge in [-0.25, -0.2) is 0 Å². The second-order valence-corrected chi connectivity index (χ2v) is 7.50. The van der Waals surface area contributed by atoms with E-state index in [9.17, 15) is 4.79 Å². The first-order valence-electron chi connectivity index (χ1n) is 10.2. The topological polar surface area (TPSA) is 42.0 Å². The van der Waals surface area contributed by atoms with Crippen LogP contribution in [0.3, 0.4) is 0 Å². The lowest BCUT2D eigenvalue weighted by atomic mass is 10.1. The molecule has 0 aliphatic carbocycles. The van der Waals surface area contributed by atoms with Crippen molar-refractivity contribution in [2.45, 2.75) is 25.5 Å². The van der Waals surface area contributed by atoms with Crippen molar-refractivity contribution >= 4 is 5.91 Å². The summed E-state index contributed by atoms with van der Waals surface area (Å²) in [7, 11) is 0. The smallest absolute Gasteiger partial charge is 0.257 e. The van der Waals surface area contributed by atoms with Crippen LogP contribution in [0.4, 0.5) is 0 Å². The highest BCUT2D eigenvalue weighted by Crippen LogP contribution is 2.22. The highest BCUT2D eigenvalue weighted by molar-refractivity contribution is 5.97. The van der Waals surface area contributed by atoms with Crippen molar-refractivity contribution < 1.29 is 14.3 Å². The largest absolute Gasteiger partial charge is 0.490 e. The predicted octanol–water partition coefficient (Wildman–Crippen LogP) is 3.20. The van der Waals surface area contributed by atoms with Gasteiger partial charge in [-0.15, -0.1) is 0 Å². The molecule has 0 saturated carbocycles. The van der Waals surface area contributed by atoms with E-state index in [0.29, 0.717) is 17.9 Å². The maximum atomic E-state index is 13.1. The molecule has 0 radical (unpaired) electrons. The molecule has 1 unspecified atom stereocenters. The predicted molar refractivity (Wildman–Crippen MR) is 109 cm³/mol. The molecule has 0 aromatic heterocycles. The monoisotopic (exact) mass is 380 g/mol. The van der Waals surface area contributed by atoms with Crippen molar-refractivity contribution in [1.29, 1.82) is 0 Å². The third-order valence-corrected chi connectivity index (χ3v) is 5.47. The van der Waals surface area contributed by atoms with E-state index in [2.05, 4.69) is 29.2 Å². The Bertz CT molecular complexity index is 766. The Morgan fingerprint density at radius 1 is 1.00 bits per heavy atom. The molecule has 1 amide bonds. The molecular formula is C23H28N2O3. The molecule has 4 rings (SSSR count). The minimum atomic E-state index is 0.0577. The molecule has 2 saturated heterocycles. The van der Waals surface area contributed by atoms with Gasteiger partial charge in [0.05, 0.1) is 11.7 Å². The molecule has 2 aliphatic rings. The Labute approximate surface area is 166 Å². The molecule has 5 heteroatoms. The van der Waals surface area contributed by atoms with Crippen LogP contribution in [0.15, 0.2) is 54.6 Å². The van der Waals surface area contributed by atoms with E-state index in [1.54, 1.807) is 0 Å². The quantitative estimate of drug-likeness (QED) is 0.772. The van der Waals surface area contributed by atoms with Gasteiger partial charge in [0.25, 0.3) is 5.91 Å². The van der Waals surface area contributed by atoms with Crippen LogP contribution in [-0.4, -0.2) is 61.2 Å². The third-order valence-electron chi connectivity index (χ3n) is 5.47. The van der Waals surface area contributed by atoms with Crippen molar-refractivity contribution in [1.82, 2.24) is 9.80 Å². The number of ether oxygens (including phenoxy) is 2. The van der Waals surface area contributed by atoms with E-state index in [1.165, 1.54) is 5.56 Å². The normalized spacial score (nSPS) is 20.3. The zero-order chi connectivity index (χ0) is 19.2. The van der Waals surface area contributed by atoms with Crippen LogP contribution in [0.25, 0.3) is 0 Å². The molecule has 5 nitrogen and oxygen atoms in total. The van der Waals surface area contributed by atoms with Crippen LogP contribution in [0.5, 0.6) is 5.75 Å². The Morgan fingerprint density at radius 2 is 1.75 bits per heavy atom. The molecular weight excluding hydrogens is 352 g/mol. The summed E-state index contributed by atoms with van der Waals surface area (Å²) in [5, 5.41) is 0. The van der Waals surface area contributed by atoms with Crippen molar-refractivity contribution in [3.63, 3.8) is 0 Å². The highest BCUT2D eigenvalue weighted by Gasteiger charge is 2.25. The third kappa shape index (κ3) is 4.72. The number of nitrogens with zero attached hydrogens (tertiary/aromatic N) is 2. The van der Waals surface area contributed by atoms with Crippen molar-refractivity contribution in [2.75, 3.05) is 39.4 Å². The van der Waals surface area contributed by atoms with E-state index in [1.807, 2.05) is 35.2 Å². The number of carbonyl (C=O) groups excluding carboxylic acids is 1. The summed E-state index contributed by atoms with van der Waals surface area (Å²) in [6.07, 6.45) is 2.26. The van der Waals surface area contributed by atoms with Crippen molar-refractivity contribution in [3.05, 3.63) is 65.7 Å². The molecule has 0 bridgehead atoms. The van der Waals surface area contributed by atoms with Gasteiger partial charge in [-0.05, 0) is 30.5 Å². The number of piperazine rings is 1. The van der Waals surface area contributed by atoms with Crippen LogP contribution in [0.1, 0.15) is 28.8 Å². The van der Waals surface area contributed by atoms with Gasteiger partial charge in [0, 0.05) is 39.3 Å². The van der Waals surface area contributed by atoms with Gasteiger partial charge in [0.1, 0.15) is 12.4 Å². The van der Waals surface area contributed by atoms with Gasteiger partial charge in [-0.1, -0.05) is 42.5 Å². The summed E-state index contributed by atoms with van der Waals surface area (Å²) < 4.78 is 11.6. The fraction of sp³-hybridized carbons (Fsp3) is 0.435. The van der Waals surface area contributed by atoms with E-state index >= 15 is 0 Å². The summed E-state index contributed by atoms with van der Waals surface area (Å²) in [4.78, 5) is 17.4. The number of rotatable bonds is 6. The lowest BCUT2D eigenvalue weighted by Crippen LogP contribution is -2.48. The molecule has 0 N–H and O–H groups in total. The summed E-state index contributed by atoms with van der Waals surface area (Å²) in [6, 6.07) is 18.1. The average molecular weight is 380 g/mol. The Balaban J connectivity index is 1.33. The minimum absolute atomic E-state index is 0.0577. The number of hydrogen-bond donors (Lipinski definition) is 0. The molecule has 2 heterocycles. The molecule has 0 spiro atoms. The van der Waals surface area contributed by atoms with Gasteiger partial charge in [0.15, 0.2) is 0 Å². The molecule has 1 atom stereocenters. The van der Waals surface area contributed by atoms with E-state index in [0.717, 1.165) is 52.2 Å². The first-order chi connectivity index (χ1) is 13.8. The Morgan fingerprint density at radius 3 is 2.50 bits per heavy atom. The van der Waals surface area contributed by atoms with E-state index in [-0.39, 0.29) is 12.0 Å². The zero-order valence-corrected chi connectivity index (χ0v) is 16.3. The van der Waals surface area contributed by atoms with Gasteiger partial charge in [-0.3, -0.25) is 9.69 Å². The first-order valence-corrected chi connectivity index (χ1v) is 10.2. The SMILES string of the molecule is O=C(c1ccccc1OCC1CCCO1)N1CCN(Cc2ccccc2)CC1. The molecule has 148 valence electrons. The molecule has 2 aliphatic heterocycles. The summed E-state index contributed by atoms with van der Waals surface area (Å²) >= 11 is 0. The standard InChI is InChI=1S/C23H28N2O3/c26-23(21-10-4-5-11-22(21)28-18-20-9-6-16-27-20)25-14-12-24(13-15-25)17-19-7-2-1-3-8-19/h1-5,7-8,10-11,20H,6,9,12-18H2. The van der Waals surface area contributed by atoms with Crippen molar-refractivity contribution in [2.24, 2.45) is 0 Å². The second-order valence-electron chi connectivity index (χ2n) is 7.50. The van der Waals surface area contributed by atoms with Crippen LogP contribution in [-0.2, 0) is 11.3 Å². The molecule has 28 heavy (non-hydrogen) atoms. The lowest BCUT2D eigenvalue weighted by molar-refractivity contribution is 0.0593. The molecule has 2 aromatic rings. The summed E-state index contributed by atoms with van der Waals surface area (Å²) in [6.45, 7) is 5.51. The van der Waals surface area contributed by atoms with Crippen LogP contribution >= 0.6 is 0 Å². The number of benzene rings is 2. The minimum Gasteiger partial charge on any atom is -0.490 e. The average Bonchev–Trinajstić information content (AvgIpc) is 3.27. The van der Waals surface area contributed by atoms with E-state index < -0.39 is 0 Å². The second kappa shape index (κ2) is 9.22. The summed E-state index contributed by atoms with van der Waals surface area (Å²) in [5.74, 6) is 0.719. The highest BCUT2D eigenvalue weighted by atomic mass is 16.5. The van der Waals surface area contributed by atoms with Crippen LogP contribution < -0.4 is 4.74 Å². The Hall–Kier alpha value is -2.37.